The summed E-state index contributed by atoms with van der Waals surface area (Å²) in [7, 11) is 0. The van der Waals surface area contributed by atoms with Gasteiger partial charge in [-0.25, -0.2) is 0 Å². The van der Waals surface area contributed by atoms with Crippen molar-refractivity contribution in [2.75, 3.05) is 6.61 Å². The number of ether oxygens (including phenoxy) is 1. The molecule has 1 saturated carbocycles. The molecule has 18 heavy (non-hydrogen) atoms. The summed E-state index contributed by atoms with van der Waals surface area (Å²) in [5.74, 6) is 0. The van der Waals surface area contributed by atoms with Crippen molar-refractivity contribution < 1.29 is 9.84 Å². The smallest absolute Gasteiger partial charge is 0.126 e. The highest BCUT2D eigenvalue weighted by atomic mass is 35.5. The van der Waals surface area contributed by atoms with Crippen LogP contribution in [0.1, 0.15) is 32.3 Å². The van der Waals surface area contributed by atoms with Crippen molar-refractivity contribution in [1.82, 2.24) is 0 Å². The largest absolute Gasteiger partial charge is 0.393 e. The van der Waals surface area contributed by atoms with Crippen LogP contribution in [-0.2, 0) is 11.2 Å². The number of hydrogen-bond acceptors (Lipinski definition) is 2. The maximum atomic E-state index is 9.74. The third kappa shape index (κ3) is 1.49. The Labute approximate surface area is 113 Å². The monoisotopic (exact) mass is 266 g/mol. The number of benzene rings is 1. The SMILES string of the molecule is CC1(C)CC[C@]2(Cc3ccc(Cl)cc3)O[C@]12CO. The highest BCUT2D eigenvalue weighted by Crippen LogP contribution is 2.68. The normalized spacial score (nSPS) is 36.4. The predicted molar refractivity (Wildman–Crippen MR) is 71.8 cm³/mol. The molecule has 0 aromatic heterocycles. The maximum absolute atomic E-state index is 9.74. The van der Waals surface area contributed by atoms with E-state index in [9.17, 15) is 5.11 Å². The highest BCUT2D eigenvalue weighted by molar-refractivity contribution is 6.30. The third-order valence-corrected chi connectivity index (χ3v) is 5.19. The number of aliphatic hydroxyl groups excluding tert-OH is 1. The molecule has 3 heteroatoms. The summed E-state index contributed by atoms with van der Waals surface area (Å²) in [6.45, 7) is 4.51. The van der Waals surface area contributed by atoms with E-state index in [2.05, 4.69) is 13.8 Å². The molecule has 0 radical (unpaired) electrons. The van der Waals surface area contributed by atoms with Gasteiger partial charge in [-0.2, -0.15) is 0 Å². The summed E-state index contributed by atoms with van der Waals surface area (Å²) in [6.07, 6.45) is 3.01. The molecule has 1 aliphatic carbocycles. The van der Waals surface area contributed by atoms with Crippen molar-refractivity contribution >= 4 is 11.6 Å². The van der Waals surface area contributed by atoms with Gasteiger partial charge in [0.2, 0.25) is 0 Å². The van der Waals surface area contributed by atoms with Crippen LogP contribution in [0, 0.1) is 5.41 Å². The first kappa shape index (κ1) is 12.5. The van der Waals surface area contributed by atoms with Crippen molar-refractivity contribution in [3.05, 3.63) is 34.9 Å². The van der Waals surface area contributed by atoms with Gasteiger partial charge >= 0.3 is 0 Å². The van der Waals surface area contributed by atoms with Crippen LogP contribution in [0.4, 0.5) is 0 Å². The van der Waals surface area contributed by atoms with E-state index < -0.39 is 0 Å². The summed E-state index contributed by atoms with van der Waals surface area (Å²) >= 11 is 5.90. The topological polar surface area (TPSA) is 32.8 Å². The average molecular weight is 267 g/mol. The second-order valence-corrected chi connectivity index (χ2v) is 6.71. The molecule has 0 unspecified atom stereocenters. The Balaban J connectivity index is 1.85. The van der Waals surface area contributed by atoms with Gasteiger partial charge in [-0.05, 0) is 36.0 Å². The molecule has 3 rings (SSSR count). The van der Waals surface area contributed by atoms with Crippen molar-refractivity contribution in [2.24, 2.45) is 5.41 Å². The first-order chi connectivity index (χ1) is 8.45. The molecule has 1 aromatic carbocycles. The Morgan fingerprint density at radius 2 is 1.89 bits per heavy atom. The minimum absolute atomic E-state index is 0.0637. The van der Waals surface area contributed by atoms with E-state index in [1.165, 1.54) is 5.56 Å². The van der Waals surface area contributed by atoms with Crippen LogP contribution < -0.4 is 0 Å². The minimum Gasteiger partial charge on any atom is -0.393 e. The lowest BCUT2D eigenvalue weighted by Crippen LogP contribution is -2.37. The Kier molecular flexibility index (Phi) is 2.58. The maximum Gasteiger partial charge on any atom is 0.126 e. The average Bonchev–Trinajstić information content (AvgIpc) is 2.95. The molecule has 1 saturated heterocycles. The van der Waals surface area contributed by atoms with Crippen LogP contribution >= 0.6 is 11.6 Å². The quantitative estimate of drug-likeness (QED) is 0.853. The Morgan fingerprint density at radius 3 is 2.44 bits per heavy atom. The lowest BCUT2D eigenvalue weighted by atomic mass is 9.77. The van der Waals surface area contributed by atoms with E-state index in [0.29, 0.717) is 0 Å². The highest BCUT2D eigenvalue weighted by Gasteiger charge is 2.78. The number of rotatable bonds is 3. The second-order valence-electron chi connectivity index (χ2n) is 6.27. The molecule has 0 spiro atoms. The lowest BCUT2D eigenvalue weighted by Gasteiger charge is -2.26. The van der Waals surface area contributed by atoms with Gasteiger partial charge in [0.15, 0.2) is 0 Å². The zero-order valence-corrected chi connectivity index (χ0v) is 11.6. The molecule has 2 atom stereocenters. The van der Waals surface area contributed by atoms with Gasteiger partial charge in [0, 0.05) is 11.4 Å². The fourth-order valence-corrected chi connectivity index (χ4v) is 3.75. The Bertz CT molecular complexity index is 468. The molecular weight excluding hydrogens is 248 g/mol. The van der Waals surface area contributed by atoms with Gasteiger partial charge < -0.3 is 9.84 Å². The van der Waals surface area contributed by atoms with E-state index >= 15 is 0 Å². The Hall–Kier alpha value is -0.570. The molecular formula is C15H19ClO2. The van der Waals surface area contributed by atoms with E-state index in [1.807, 2.05) is 24.3 Å². The summed E-state index contributed by atoms with van der Waals surface area (Å²) in [4.78, 5) is 0. The molecule has 2 aliphatic rings. The van der Waals surface area contributed by atoms with E-state index in [-0.39, 0.29) is 23.2 Å². The summed E-state index contributed by atoms with van der Waals surface area (Å²) < 4.78 is 6.04. The summed E-state index contributed by atoms with van der Waals surface area (Å²) in [5.41, 5.74) is 0.805. The van der Waals surface area contributed by atoms with Crippen LogP contribution in [-0.4, -0.2) is 22.9 Å². The van der Waals surface area contributed by atoms with Crippen molar-refractivity contribution in [3.8, 4) is 0 Å². The van der Waals surface area contributed by atoms with Crippen molar-refractivity contribution in [2.45, 2.75) is 44.3 Å². The van der Waals surface area contributed by atoms with Gasteiger partial charge in [-0.3, -0.25) is 0 Å². The van der Waals surface area contributed by atoms with Crippen LogP contribution in [0.2, 0.25) is 5.02 Å². The molecule has 2 nitrogen and oxygen atoms in total. The van der Waals surface area contributed by atoms with Gasteiger partial charge in [-0.1, -0.05) is 37.6 Å². The zero-order chi connectivity index (χ0) is 13.0. The van der Waals surface area contributed by atoms with Crippen LogP contribution in [0.15, 0.2) is 24.3 Å². The molecule has 1 heterocycles. The Morgan fingerprint density at radius 1 is 1.22 bits per heavy atom. The van der Waals surface area contributed by atoms with E-state index in [4.69, 9.17) is 16.3 Å². The number of aliphatic hydroxyl groups is 1. The van der Waals surface area contributed by atoms with Gasteiger partial charge in [-0.15, -0.1) is 0 Å². The summed E-state index contributed by atoms with van der Waals surface area (Å²) in [6, 6.07) is 7.92. The number of epoxide rings is 1. The first-order valence-corrected chi connectivity index (χ1v) is 6.88. The first-order valence-electron chi connectivity index (χ1n) is 6.50. The third-order valence-electron chi connectivity index (χ3n) is 4.94. The van der Waals surface area contributed by atoms with Crippen LogP contribution in [0.5, 0.6) is 0 Å². The molecule has 1 aromatic rings. The fraction of sp³-hybridized carbons (Fsp3) is 0.600. The van der Waals surface area contributed by atoms with Gasteiger partial charge in [0.25, 0.3) is 0 Å². The van der Waals surface area contributed by atoms with Gasteiger partial charge in [0.1, 0.15) is 11.2 Å². The van der Waals surface area contributed by atoms with Gasteiger partial charge in [0.05, 0.1) is 6.61 Å². The van der Waals surface area contributed by atoms with E-state index in [1.54, 1.807) is 0 Å². The fourth-order valence-electron chi connectivity index (χ4n) is 3.62. The molecule has 2 fully saturated rings. The molecule has 0 amide bonds. The lowest BCUT2D eigenvalue weighted by molar-refractivity contribution is 0.0595. The van der Waals surface area contributed by atoms with E-state index in [0.717, 1.165) is 24.3 Å². The van der Waals surface area contributed by atoms with Crippen molar-refractivity contribution in [1.29, 1.82) is 0 Å². The molecule has 1 N–H and O–H groups in total. The zero-order valence-electron chi connectivity index (χ0n) is 10.9. The van der Waals surface area contributed by atoms with Crippen LogP contribution in [0.25, 0.3) is 0 Å². The van der Waals surface area contributed by atoms with Crippen LogP contribution in [0.3, 0.4) is 0 Å². The molecule has 0 bridgehead atoms. The molecule has 1 aliphatic heterocycles. The predicted octanol–water partition coefficient (Wildman–Crippen LogP) is 3.20. The van der Waals surface area contributed by atoms with Crippen molar-refractivity contribution in [3.63, 3.8) is 0 Å². The molecule has 98 valence electrons. The number of hydrogen-bond donors (Lipinski definition) is 1. The standard InChI is InChI=1S/C15H19ClO2/c1-13(2)7-8-14(15(13,10-17)18-14)9-11-3-5-12(16)6-4-11/h3-6,17H,7-10H2,1-2H3/t14-,15-/m1/s1. The summed E-state index contributed by atoms with van der Waals surface area (Å²) in [5, 5.41) is 10.5. The number of fused-ring (bicyclic) bond motifs is 1. The number of halogens is 1. The minimum atomic E-state index is -0.334. The second kappa shape index (κ2) is 3.72.